The van der Waals surface area contributed by atoms with Crippen molar-refractivity contribution in [2.45, 2.75) is 45.3 Å². The molecular formula is C17H22N4O2. The quantitative estimate of drug-likeness (QED) is 0.849. The summed E-state index contributed by atoms with van der Waals surface area (Å²) in [5.74, 6) is 1.09. The highest BCUT2D eigenvalue weighted by molar-refractivity contribution is 5.47. The minimum Gasteiger partial charge on any atom is -0.367 e. The summed E-state index contributed by atoms with van der Waals surface area (Å²) >= 11 is 0. The van der Waals surface area contributed by atoms with E-state index in [4.69, 9.17) is 9.26 Å². The molecule has 6 heteroatoms. The van der Waals surface area contributed by atoms with Gasteiger partial charge in [0.1, 0.15) is 11.8 Å². The first kappa shape index (κ1) is 14.8. The number of piperidine rings is 1. The van der Waals surface area contributed by atoms with E-state index in [1.54, 1.807) is 0 Å². The fraction of sp³-hybridized carbons (Fsp3) is 0.588. The van der Waals surface area contributed by atoms with Gasteiger partial charge in [-0.25, -0.2) is 4.98 Å². The van der Waals surface area contributed by atoms with Crippen molar-refractivity contribution in [1.29, 1.82) is 0 Å². The van der Waals surface area contributed by atoms with E-state index < -0.39 is 0 Å². The number of aryl methyl sites for hydroxylation is 2. The Morgan fingerprint density at radius 1 is 1.17 bits per heavy atom. The molecule has 2 atom stereocenters. The molecule has 122 valence electrons. The van der Waals surface area contributed by atoms with Crippen LogP contribution in [0.25, 0.3) is 11.6 Å². The number of hydrogen-bond acceptors (Lipinski definition) is 6. The van der Waals surface area contributed by atoms with Crippen LogP contribution in [0.1, 0.15) is 42.4 Å². The lowest BCUT2D eigenvalue weighted by Crippen LogP contribution is -2.49. The molecular weight excluding hydrogens is 292 g/mol. The smallest absolute Gasteiger partial charge is 0.276 e. The summed E-state index contributed by atoms with van der Waals surface area (Å²) in [6.45, 7) is 6.78. The Hall–Kier alpha value is -1.79. The SMILES string of the molecule is Cc1ccc(-c2nc([C@H]3CN4CCCCC4CO3)no2)nc1C. The van der Waals surface area contributed by atoms with Crippen molar-refractivity contribution in [2.24, 2.45) is 0 Å². The Morgan fingerprint density at radius 2 is 2.09 bits per heavy atom. The van der Waals surface area contributed by atoms with Crippen molar-refractivity contribution in [3.05, 3.63) is 29.2 Å². The molecule has 23 heavy (non-hydrogen) atoms. The number of fused-ring (bicyclic) bond motifs is 1. The zero-order chi connectivity index (χ0) is 15.8. The molecule has 2 aliphatic heterocycles. The van der Waals surface area contributed by atoms with Crippen LogP contribution in [0.3, 0.4) is 0 Å². The van der Waals surface area contributed by atoms with Crippen LogP contribution in [0.15, 0.2) is 16.7 Å². The van der Waals surface area contributed by atoms with E-state index in [0.29, 0.717) is 17.8 Å². The highest BCUT2D eigenvalue weighted by Gasteiger charge is 2.33. The first-order chi connectivity index (χ1) is 11.2. The van der Waals surface area contributed by atoms with Crippen LogP contribution < -0.4 is 0 Å². The van der Waals surface area contributed by atoms with Gasteiger partial charge in [-0.05, 0) is 44.9 Å². The Morgan fingerprint density at radius 3 is 2.96 bits per heavy atom. The first-order valence-electron chi connectivity index (χ1n) is 8.34. The predicted octanol–water partition coefficient (Wildman–Crippen LogP) is 2.67. The number of ether oxygens (including phenoxy) is 1. The molecule has 0 aliphatic carbocycles. The van der Waals surface area contributed by atoms with Crippen molar-refractivity contribution in [2.75, 3.05) is 19.7 Å². The van der Waals surface area contributed by atoms with Crippen molar-refractivity contribution in [1.82, 2.24) is 20.0 Å². The van der Waals surface area contributed by atoms with E-state index in [9.17, 15) is 0 Å². The Labute approximate surface area is 135 Å². The van der Waals surface area contributed by atoms with Crippen molar-refractivity contribution in [3.63, 3.8) is 0 Å². The maximum atomic E-state index is 5.98. The Balaban J connectivity index is 1.52. The topological polar surface area (TPSA) is 64.3 Å². The van der Waals surface area contributed by atoms with Crippen LogP contribution in [-0.2, 0) is 4.74 Å². The van der Waals surface area contributed by atoms with Crippen LogP contribution in [0.5, 0.6) is 0 Å². The third-order valence-corrected chi connectivity index (χ3v) is 4.94. The van der Waals surface area contributed by atoms with E-state index in [1.807, 2.05) is 26.0 Å². The van der Waals surface area contributed by atoms with Crippen LogP contribution in [0, 0.1) is 13.8 Å². The van der Waals surface area contributed by atoms with Gasteiger partial charge in [0.2, 0.25) is 5.82 Å². The Bertz CT molecular complexity index is 700. The molecule has 0 bridgehead atoms. The van der Waals surface area contributed by atoms with Gasteiger partial charge in [-0.2, -0.15) is 4.98 Å². The average Bonchev–Trinajstić information content (AvgIpc) is 3.07. The first-order valence-corrected chi connectivity index (χ1v) is 8.34. The fourth-order valence-corrected chi connectivity index (χ4v) is 3.36. The van der Waals surface area contributed by atoms with Crippen LogP contribution in [0.4, 0.5) is 0 Å². The van der Waals surface area contributed by atoms with Gasteiger partial charge in [-0.3, -0.25) is 4.90 Å². The summed E-state index contributed by atoms with van der Waals surface area (Å²) in [5, 5.41) is 4.13. The summed E-state index contributed by atoms with van der Waals surface area (Å²) in [5.41, 5.74) is 2.85. The van der Waals surface area contributed by atoms with Gasteiger partial charge in [-0.1, -0.05) is 17.6 Å². The Kier molecular flexibility index (Phi) is 3.87. The summed E-state index contributed by atoms with van der Waals surface area (Å²) in [6.07, 6.45) is 3.71. The molecule has 0 N–H and O–H groups in total. The monoisotopic (exact) mass is 314 g/mol. The molecule has 1 unspecified atom stereocenters. The molecule has 0 spiro atoms. The molecule has 2 fully saturated rings. The standard InChI is InChI=1S/C17H22N4O2/c1-11-6-7-14(18-12(11)2)17-19-16(20-23-17)15-9-21-8-4-3-5-13(21)10-22-15/h6-7,13,15H,3-5,8-10H2,1-2H3/t13?,15-/m1/s1. The van der Waals surface area contributed by atoms with Crippen LogP contribution in [-0.4, -0.2) is 45.8 Å². The van der Waals surface area contributed by atoms with E-state index in [0.717, 1.165) is 36.6 Å². The van der Waals surface area contributed by atoms with E-state index >= 15 is 0 Å². The lowest BCUT2D eigenvalue weighted by molar-refractivity contribution is -0.0805. The number of nitrogens with zero attached hydrogens (tertiary/aromatic N) is 4. The van der Waals surface area contributed by atoms with Crippen molar-refractivity contribution >= 4 is 0 Å². The van der Waals surface area contributed by atoms with Gasteiger partial charge in [0.25, 0.3) is 5.89 Å². The summed E-state index contributed by atoms with van der Waals surface area (Å²) < 4.78 is 11.4. The molecule has 2 aromatic rings. The van der Waals surface area contributed by atoms with Gasteiger partial charge in [-0.15, -0.1) is 0 Å². The van der Waals surface area contributed by atoms with Crippen LogP contribution >= 0.6 is 0 Å². The fourth-order valence-electron chi connectivity index (χ4n) is 3.36. The lowest BCUT2D eigenvalue weighted by Gasteiger charge is -2.41. The van der Waals surface area contributed by atoms with Gasteiger partial charge in [0, 0.05) is 18.3 Å². The van der Waals surface area contributed by atoms with Gasteiger partial charge < -0.3 is 9.26 Å². The second-order valence-corrected chi connectivity index (χ2v) is 6.52. The number of morpholine rings is 1. The van der Waals surface area contributed by atoms with E-state index in [1.165, 1.54) is 19.3 Å². The maximum Gasteiger partial charge on any atom is 0.276 e. The molecule has 2 aromatic heterocycles. The molecule has 0 amide bonds. The zero-order valence-corrected chi connectivity index (χ0v) is 13.7. The predicted molar refractivity (Wildman–Crippen MR) is 84.9 cm³/mol. The maximum absolute atomic E-state index is 5.98. The van der Waals surface area contributed by atoms with Gasteiger partial charge in [0.05, 0.1) is 6.61 Å². The molecule has 4 heterocycles. The zero-order valence-electron chi connectivity index (χ0n) is 13.7. The normalized spacial score (nSPS) is 25.3. The van der Waals surface area contributed by atoms with E-state index in [-0.39, 0.29) is 6.10 Å². The van der Waals surface area contributed by atoms with Crippen LogP contribution in [0.2, 0.25) is 0 Å². The number of hydrogen-bond donors (Lipinski definition) is 0. The highest BCUT2D eigenvalue weighted by atomic mass is 16.5. The van der Waals surface area contributed by atoms with Crippen molar-refractivity contribution < 1.29 is 9.26 Å². The molecule has 2 saturated heterocycles. The third-order valence-electron chi connectivity index (χ3n) is 4.94. The summed E-state index contributed by atoms with van der Waals surface area (Å²) in [4.78, 5) is 11.5. The lowest BCUT2D eigenvalue weighted by atomic mass is 10.0. The molecule has 0 saturated carbocycles. The minimum absolute atomic E-state index is 0.103. The largest absolute Gasteiger partial charge is 0.367 e. The van der Waals surface area contributed by atoms with Gasteiger partial charge >= 0.3 is 0 Å². The second kappa shape index (κ2) is 6.02. The van der Waals surface area contributed by atoms with E-state index in [2.05, 4.69) is 20.0 Å². The summed E-state index contributed by atoms with van der Waals surface area (Å²) in [6, 6.07) is 4.51. The third kappa shape index (κ3) is 2.88. The molecule has 6 nitrogen and oxygen atoms in total. The average molecular weight is 314 g/mol. The van der Waals surface area contributed by atoms with Crippen molar-refractivity contribution in [3.8, 4) is 11.6 Å². The molecule has 0 radical (unpaired) electrons. The summed E-state index contributed by atoms with van der Waals surface area (Å²) in [7, 11) is 0. The number of pyridine rings is 1. The highest BCUT2D eigenvalue weighted by Crippen LogP contribution is 2.29. The number of rotatable bonds is 2. The molecule has 2 aliphatic rings. The minimum atomic E-state index is -0.103. The second-order valence-electron chi connectivity index (χ2n) is 6.52. The molecule has 4 rings (SSSR count). The molecule has 0 aromatic carbocycles. The van der Waals surface area contributed by atoms with Gasteiger partial charge in [0.15, 0.2) is 0 Å². The number of aromatic nitrogens is 3.